The molecule has 2 rings (SSSR count). The highest BCUT2D eigenvalue weighted by Gasteiger charge is 2.14. The summed E-state index contributed by atoms with van der Waals surface area (Å²) in [5.41, 5.74) is 3.40. The maximum Gasteiger partial charge on any atom is 0.338 e. The number of amides is 2. The zero-order chi connectivity index (χ0) is 19.8. The minimum absolute atomic E-state index is 0.119. The van der Waals surface area contributed by atoms with Gasteiger partial charge in [-0.3, -0.25) is 9.59 Å². The lowest BCUT2D eigenvalue weighted by Crippen LogP contribution is -2.30. The number of likely N-dealkylation sites (N-methyl/N-ethyl adjacent to an activating group) is 1. The Hall–Kier alpha value is -3.15. The Morgan fingerprint density at radius 1 is 0.963 bits per heavy atom. The summed E-state index contributed by atoms with van der Waals surface area (Å²) in [7, 11) is 1.67. The third kappa shape index (κ3) is 6.58. The summed E-state index contributed by atoms with van der Waals surface area (Å²) in [5.74, 6) is -0.948. The van der Waals surface area contributed by atoms with Gasteiger partial charge in [0.2, 0.25) is 5.91 Å². The van der Waals surface area contributed by atoms with Gasteiger partial charge < -0.3 is 15.0 Å². The molecule has 0 aliphatic heterocycles. The first kappa shape index (κ1) is 20.2. The smallest absolute Gasteiger partial charge is 0.338 e. The predicted octanol–water partition coefficient (Wildman–Crippen LogP) is 2.45. The Morgan fingerprint density at radius 3 is 2.15 bits per heavy atom. The van der Waals surface area contributed by atoms with Crippen LogP contribution in [0, 0.1) is 6.92 Å². The van der Waals surface area contributed by atoms with E-state index in [0.717, 1.165) is 16.7 Å². The normalized spacial score (nSPS) is 10.2. The van der Waals surface area contributed by atoms with Crippen molar-refractivity contribution in [3.63, 3.8) is 0 Å². The number of carbonyl (C=O) groups is 3. The number of esters is 1. The zero-order valence-corrected chi connectivity index (χ0v) is 15.8. The summed E-state index contributed by atoms with van der Waals surface area (Å²) in [6, 6.07) is 14.6. The molecular weight excluding hydrogens is 344 g/mol. The number of aryl methyl sites for hydroxylation is 1. The Morgan fingerprint density at radius 2 is 1.56 bits per heavy atom. The van der Waals surface area contributed by atoms with Gasteiger partial charge in [0.05, 0.1) is 5.56 Å². The fourth-order valence-corrected chi connectivity index (χ4v) is 2.36. The van der Waals surface area contributed by atoms with Crippen molar-refractivity contribution < 1.29 is 19.1 Å². The molecule has 0 spiro atoms. The van der Waals surface area contributed by atoms with E-state index < -0.39 is 5.97 Å². The highest BCUT2D eigenvalue weighted by Crippen LogP contribution is 2.08. The van der Waals surface area contributed by atoms with Crippen molar-refractivity contribution in [3.8, 4) is 0 Å². The number of nitrogens with zero attached hydrogens (tertiary/aromatic N) is 1. The van der Waals surface area contributed by atoms with E-state index in [2.05, 4.69) is 5.32 Å². The van der Waals surface area contributed by atoms with E-state index in [9.17, 15) is 14.4 Å². The maximum atomic E-state index is 12.2. The summed E-state index contributed by atoms with van der Waals surface area (Å²) < 4.78 is 5.11. The van der Waals surface area contributed by atoms with E-state index in [1.165, 1.54) is 11.8 Å². The van der Waals surface area contributed by atoms with E-state index in [1.54, 1.807) is 31.3 Å². The van der Waals surface area contributed by atoms with Gasteiger partial charge in [-0.05, 0) is 30.2 Å². The Bertz CT molecular complexity index is 798. The van der Waals surface area contributed by atoms with Crippen LogP contribution in [0.5, 0.6) is 0 Å². The molecule has 0 aliphatic rings. The standard InChI is InChI=1S/C21H24N2O4/c1-15-4-6-18(7-5-15)13-23(3)20(25)14-27-21(26)19-10-8-17(9-11-19)12-22-16(2)24/h4-11H,12-14H2,1-3H3,(H,22,24). The first-order valence-corrected chi connectivity index (χ1v) is 8.65. The van der Waals surface area contributed by atoms with Crippen LogP contribution in [0.2, 0.25) is 0 Å². The molecule has 0 bridgehead atoms. The average molecular weight is 368 g/mol. The molecule has 0 unspecified atom stereocenters. The number of nitrogens with one attached hydrogen (secondary N) is 1. The van der Waals surface area contributed by atoms with Crippen molar-refractivity contribution in [2.24, 2.45) is 0 Å². The van der Waals surface area contributed by atoms with E-state index in [4.69, 9.17) is 4.74 Å². The number of benzene rings is 2. The summed E-state index contributed by atoms with van der Waals surface area (Å²) in [5, 5.41) is 2.68. The van der Waals surface area contributed by atoms with E-state index in [1.807, 2.05) is 31.2 Å². The van der Waals surface area contributed by atoms with Crippen molar-refractivity contribution in [2.45, 2.75) is 26.9 Å². The highest BCUT2D eigenvalue weighted by atomic mass is 16.5. The van der Waals surface area contributed by atoms with Crippen LogP contribution in [0.15, 0.2) is 48.5 Å². The van der Waals surface area contributed by atoms with Gasteiger partial charge in [-0.2, -0.15) is 0 Å². The largest absolute Gasteiger partial charge is 0.452 e. The monoisotopic (exact) mass is 368 g/mol. The first-order chi connectivity index (χ1) is 12.8. The fraction of sp³-hybridized carbons (Fsp3) is 0.286. The number of carbonyl (C=O) groups excluding carboxylic acids is 3. The molecule has 6 nitrogen and oxygen atoms in total. The highest BCUT2D eigenvalue weighted by molar-refractivity contribution is 5.91. The molecule has 6 heteroatoms. The van der Waals surface area contributed by atoms with Crippen LogP contribution in [0.25, 0.3) is 0 Å². The van der Waals surface area contributed by atoms with Gasteiger partial charge in [0, 0.05) is 27.1 Å². The van der Waals surface area contributed by atoms with Crippen molar-refractivity contribution >= 4 is 17.8 Å². The van der Waals surface area contributed by atoms with Gasteiger partial charge in [0.25, 0.3) is 5.91 Å². The lowest BCUT2D eigenvalue weighted by molar-refractivity contribution is -0.133. The van der Waals surface area contributed by atoms with Crippen molar-refractivity contribution in [1.82, 2.24) is 10.2 Å². The van der Waals surface area contributed by atoms with Gasteiger partial charge in [-0.25, -0.2) is 4.79 Å². The summed E-state index contributed by atoms with van der Waals surface area (Å²) in [6.45, 7) is 3.99. The summed E-state index contributed by atoms with van der Waals surface area (Å²) in [4.78, 5) is 36.7. The van der Waals surface area contributed by atoms with Gasteiger partial charge in [0.1, 0.15) is 0 Å². The van der Waals surface area contributed by atoms with Crippen LogP contribution in [-0.4, -0.2) is 36.3 Å². The van der Waals surface area contributed by atoms with E-state index in [-0.39, 0.29) is 18.4 Å². The van der Waals surface area contributed by atoms with Gasteiger partial charge in [-0.1, -0.05) is 42.0 Å². The van der Waals surface area contributed by atoms with Crippen LogP contribution >= 0.6 is 0 Å². The first-order valence-electron chi connectivity index (χ1n) is 8.65. The van der Waals surface area contributed by atoms with Crippen molar-refractivity contribution in [1.29, 1.82) is 0 Å². The number of rotatable bonds is 7. The van der Waals surface area contributed by atoms with Crippen LogP contribution in [0.1, 0.15) is 34.0 Å². The number of ether oxygens (including phenoxy) is 1. The molecule has 0 saturated carbocycles. The van der Waals surface area contributed by atoms with Crippen molar-refractivity contribution in [3.05, 3.63) is 70.8 Å². The lowest BCUT2D eigenvalue weighted by Gasteiger charge is -2.17. The van der Waals surface area contributed by atoms with Crippen LogP contribution < -0.4 is 5.32 Å². The van der Waals surface area contributed by atoms with E-state index in [0.29, 0.717) is 18.7 Å². The van der Waals surface area contributed by atoms with E-state index >= 15 is 0 Å². The quantitative estimate of drug-likeness (QED) is 0.762. The third-order valence-electron chi connectivity index (χ3n) is 4.02. The molecule has 27 heavy (non-hydrogen) atoms. The second-order valence-electron chi connectivity index (χ2n) is 6.42. The number of hydrogen-bond acceptors (Lipinski definition) is 4. The molecule has 0 aromatic heterocycles. The fourth-order valence-electron chi connectivity index (χ4n) is 2.36. The zero-order valence-electron chi connectivity index (χ0n) is 15.8. The third-order valence-corrected chi connectivity index (χ3v) is 4.02. The summed E-state index contributed by atoms with van der Waals surface area (Å²) in [6.07, 6.45) is 0. The molecule has 0 heterocycles. The van der Waals surface area contributed by atoms with Gasteiger partial charge >= 0.3 is 5.97 Å². The Labute approximate surface area is 159 Å². The van der Waals surface area contributed by atoms with Crippen molar-refractivity contribution in [2.75, 3.05) is 13.7 Å². The minimum Gasteiger partial charge on any atom is -0.452 e. The minimum atomic E-state index is -0.557. The lowest BCUT2D eigenvalue weighted by atomic mass is 10.1. The van der Waals surface area contributed by atoms with Crippen LogP contribution in [0.4, 0.5) is 0 Å². The molecule has 1 N–H and O–H groups in total. The molecule has 0 atom stereocenters. The molecule has 2 amide bonds. The second kappa shape index (κ2) is 9.52. The summed E-state index contributed by atoms with van der Waals surface area (Å²) >= 11 is 0. The molecular formula is C21H24N2O4. The predicted molar refractivity (Wildman–Crippen MR) is 102 cm³/mol. The Balaban J connectivity index is 1.82. The maximum absolute atomic E-state index is 12.2. The molecule has 2 aromatic carbocycles. The SMILES string of the molecule is CC(=O)NCc1ccc(C(=O)OCC(=O)N(C)Cc2ccc(C)cc2)cc1. The molecule has 2 aromatic rings. The topological polar surface area (TPSA) is 75.7 Å². The molecule has 142 valence electrons. The number of hydrogen-bond donors (Lipinski definition) is 1. The van der Waals surface area contributed by atoms with Crippen LogP contribution in [-0.2, 0) is 27.4 Å². The van der Waals surface area contributed by atoms with Crippen LogP contribution in [0.3, 0.4) is 0 Å². The molecule has 0 radical (unpaired) electrons. The molecule has 0 saturated heterocycles. The van der Waals surface area contributed by atoms with Gasteiger partial charge in [-0.15, -0.1) is 0 Å². The van der Waals surface area contributed by atoms with Gasteiger partial charge in [0.15, 0.2) is 6.61 Å². The molecule has 0 fully saturated rings. The average Bonchev–Trinajstić information content (AvgIpc) is 2.66. The second-order valence-corrected chi connectivity index (χ2v) is 6.42. The molecule has 0 aliphatic carbocycles. The Kier molecular flexibility index (Phi) is 7.11.